The van der Waals surface area contributed by atoms with E-state index in [-0.39, 0.29) is 0 Å². The van der Waals surface area contributed by atoms with Gasteiger partial charge in [0.1, 0.15) is 32.2 Å². The maximum Gasteiger partial charge on any atom is 0.309 e. The molecule has 0 N–H and O–H groups in total. The summed E-state index contributed by atoms with van der Waals surface area (Å²) < 4.78 is 5.12. The third-order valence-electron chi connectivity index (χ3n) is 10.3. The maximum absolute atomic E-state index is 4.79. The first kappa shape index (κ1) is 32.1. The van der Waals surface area contributed by atoms with Crippen LogP contribution in [0.25, 0.3) is 0 Å². The van der Waals surface area contributed by atoms with Crippen LogP contribution in [0.2, 0.25) is 0 Å². The van der Waals surface area contributed by atoms with Gasteiger partial charge in [-0.1, -0.05) is 60.7 Å². The molecule has 8 heteroatoms. The Morgan fingerprint density at radius 2 is 1.00 bits per heavy atom. The first-order valence-corrected chi connectivity index (χ1v) is 19.4. The Labute approximate surface area is 299 Å². The van der Waals surface area contributed by atoms with Gasteiger partial charge in [-0.2, -0.15) is 9.98 Å². The molecule has 0 spiro atoms. The highest BCUT2D eigenvalue weighted by Gasteiger charge is 2.44. The van der Waals surface area contributed by atoms with E-state index in [1.54, 1.807) is 0 Å². The third kappa shape index (κ3) is 6.38. The molecule has 0 fully saturated rings. The van der Waals surface area contributed by atoms with Crippen LogP contribution in [0.15, 0.2) is 94.9 Å². The number of nitrogens with zero attached hydrogens (tertiary/aromatic N) is 6. The number of amidine groups is 2. The summed E-state index contributed by atoms with van der Waals surface area (Å²) in [6.45, 7) is 14.8. The van der Waals surface area contributed by atoms with Crippen LogP contribution < -0.4 is 0 Å². The minimum atomic E-state index is 0.378. The molecule has 2 unspecified atom stereocenters. The fraction of sp³-hybridized carbons (Fsp3) is 0.341. The molecule has 4 aliphatic rings. The Bertz CT molecular complexity index is 1840. The average molecular weight is 685 g/mol. The van der Waals surface area contributed by atoms with Gasteiger partial charge < -0.3 is 0 Å². The summed E-state index contributed by atoms with van der Waals surface area (Å²) in [4.78, 5) is 14.8. The van der Waals surface area contributed by atoms with Crippen molar-refractivity contribution in [2.45, 2.75) is 52.9 Å². The molecule has 248 valence electrons. The van der Waals surface area contributed by atoms with Crippen LogP contribution in [-0.2, 0) is 13.1 Å². The van der Waals surface area contributed by atoms with Crippen LogP contribution in [0.5, 0.6) is 0 Å². The molecule has 0 saturated carbocycles. The molecule has 6 nitrogen and oxygen atoms in total. The highest BCUT2D eigenvalue weighted by atomic mass is 32.2. The van der Waals surface area contributed by atoms with Gasteiger partial charge in [0.05, 0.1) is 24.5 Å². The van der Waals surface area contributed by atoms with Crippen molar-refractivity contribution in [3.8, 4) is 0 Å². The number of thioether (sulfide) groups is 2. The number of aryl methyl sites for hydroxylation is 4. The van der Waals surface area contributed by atoms with Crippen LogP contribution >= 0.6 is 23.5 Å². The van der Waals surface area contributed by atoms with Crippen molar-refractivity contribution in [3.63, 3.8) is 0 Å². The fourth-order valence-electron chi connectivity index (χ4n) is 8.04. The molecule has 4 aromatic carbocycles. The molecule has 8 rings (SSSR count). The first-order chi connectivity index (χ1) is 23.9. The van der Waals surface area contributed by atoms with Crippen LogP contribution in [0.3, 0.4) is 0 Å². The van der Waals surface area contributed by atoms with Gasteiger partial charge in [0, 0.05) is 22.6 Å². The first-order valence-electron chi connectivity index (χ1n) is 17.4. The summed E-state index contributed by atoms with van der Waals surface area (Å²) in [7, 11) is 0. The molecular weight excluding hydrogens is 641 g/mol. The molecule has 0 amide bonds. The predicted octanol–water partition coefficient (Wildman–Crippen LogP) is 8.40. The zero-order valence-electron chi connectivity index (χ0n) is 28.9. The standard InChI is InChI=1S/C41H44N6S2/c1-28-19-32(23-46-36(34-11-7-5-8-12-34)25-44-15-17-48-40(44)46)20-29(2)38(28)42-27-43-39-30(3)21-33(22-31(39)4)24-47-37(35-13-9-6-10-14-35)26-45-16-18-49-41(45)47/h5-14,19-22,36-37H,15-18,23-26H2,1-4H3/q+2. The van der Waals surface area contributed by atoms with Crippen LogP contribution in [-0.4, -0.2) is 73.0 Å². The number of benzene rings is 4. The molecule has 0 aliphatic carbocycles. The summed E-state index contributed by atoms with van der Waals surface area (Å²) in [5.41, 5.74) is 12.0. The van der Waals surface area contributed by atoms with E-state index in [1.807, 2.05) is 23.5 Å². The third-order valence-corrected chi connectivity index (χ3v) is 12.5. The van der Waals surface area contributed by atoms with Gasteiger partial charge in [0.15, 0.2) is 12.1 Å². The zero-order valence-corrected chi connectivity index (χ0v) is 30.5. The number of hydrogen-bond donors (Lipinski definition) is 0. The molecule has 0 radical (unpaired) electrons. The van der Waals surface area contributed by atoms with Crippen molar-refractivity contribution in [1.29, 1.82) is 0 Å². The van der Waals surface area contributed by atoms with E-state index in [9.17, 15) is 0 Å². The molecule has 0 aromatic heterocycles. The van der Waals surface area contributed by atoms with Crippen LogP contribution in [0, 0.1) is 27.7 Å². The highest BCUT2D eigenvalue weighted by molar-refractivity contribution is 8.14. The van der Waals surface area contributed by atoms with E-state index in [1.165, 1.54) is 44.1 Å². The van der Waals surface area contributed by atoms with Gasteiger partial charge in [-0.05, 0) is 109 Å². The second-order valence-corrected chi connectivity index (χ2v) is 15.9. The summed E-state index contributed by atoms with van der Waals surface area (Å²) in [6.07, 6.45) is 0. The summed E-state index contributed by atoms with van der Waals surface area (Å²) in [5.74, 6) is 2.34. The zero-order chi connectivity index (χ0) is 33.5. The van der Waals surface area contributed by atoms with Crippen molar-refractivity contribution in [2.24, 2.45) is 9.98 Å². The number of hydrogen-bond acceptors (Lipinski definition) is 6. The van der Waals surface area contributed by atoms with Gasteiger partial charge in [0.2, 0.25) is 0 Å². The lowest BCUT2D eigenvalue weighted by Gasteiger charge is -2.21. The Balaban J connectivity index is 1.00. The van der Waals surface area contributed by atoms with Crippen molar-refractivity contribution in [3.05, 3.63) is 129 Å². The Morgan fingerprint density at radius 1 is 0.612 bits per heavy atom. The van der Waals surface area contributed by atoms with Crippen molar-refractivity contribution < 1.29 is 9.15 Å². The highest BCUT2D eigenvalue weighted by Crippen LogP contribution is 2.37. The minimum Gasteiger partial charge on any atom is -0.251 e. The lowest BCUT2D eigenvalue weighted by molar-refractivity contribution is -0.512. The second-order valence-electron chi connectivity index (χ2n) is 13.7. The van der Waals surface area contributed by atoms with Crippen LogP contribution in [0.4, 0.5) is 11.4 Å². The van der Waals surface area contributed by atoms with E-state index in [4.69, 9.17) is 9.98 Å². The topological polar surface area (TPSA) is 37.2 Å². The van der Waals surface area contributed by atoms with Crippen molar-refractivity contribution >= 4 is 51.2 Å². The maximum atomic E-state index is 4.79. The smallest absolute Gasteiger partial charge is 0.251 e. The second kappa shape index (κ2) is 13.7. The van der Waals surface area contributed by atoms with Gasteiger partial charge in [-0.15, -0.1) is 0 Å². The number of rotatable bonds is 8. The van der Waals surface area contributed by atoms with E-state index >= 15 is 0 Å². The van der Waals surface area contributed by atoms with E-state index in [0.717, 1.165) is 72.9 Å². The molecular formula is C41H44N6S2+2. The van der Waals surface area contributed by atoms with Crippen molar-refractivity contribution in [1.82, 2.24) is 9.80 Å². The largest absolute Gasteiger partial charge is 0.309 e. The van der Waals surface area contributed by atoms with Gasteiger partial charge in [-0.3, -0.25) is 9.15 Å². The molecule has 0 bridgehead atoms. The van der Waals surface area contributed by atoms with Crippen LogP contribution in [0.1, 0.15) is 56.6 Å². The molecule has 2 atom stereocenters. The Morgan fingerprint density at radius 3 is 1.39 bits per heavy atom. The summed E-state index contributed by atoms with van der Waals surface area (Å²) >= 11 is 3.99. The molecule has 4 aliphatic heterocycles. The summed E-state index contributed by atoms with van der Waals surface area (Å²) in [5, 5.41) is 2.84. The minimum absolute atomic E-state index is 0.378. The monoisotopic (exact) mass is 684 g/mol. The van der Waals surface area contributed by atoms with Crippen molar-refractivity contribution in [2.75, 3.05) is 37.7 Å². The Hall–Kier alpha value is -4.10. The average Bonchev–Trinajstić information content (AvgIpc) is 3.88. The summed E-state index contributed by atoms with van der Waals surface area (Å²) in [6, 6.07) is 35.0. The quantitative estimate of drug-likeness (QED) is 0.138. The van der Waals surface area contributed by atoms with Gasteiger partial charge in [0.25, 0.3) is 0 Å². The normalized spacial score (nSPS) is 19.8. The van der Waals surface area contributed by atoms with E-state index in [2.05, 4.69) is 138 Å². The lowest BCUT2D eigenvalue weighted by Crippen LogP contribution is -2.29. The van der Waals surface area contributed by atoms with Gasteiger partial charge in [-0.25, -0.2) is 9.80 Å². The molecule has 49 heavy (non-hydrogen) atoms. The van der Waals surface area contributed by atoms with Gasteiger partial charge >= 0.3 is 10.3 Å². The van der Waals surface area contributed by atoms with E-state index < -0.39 is 0 Å². The molecule has 0 saturated heterocycles. The SMILES string of the molecule is Cc1cc(CN2C3=[N+](CCS3)CC2c2ccccc2)cc(C)c1N=C=Nc1c(C)cc(CN2C3=[N+](CCS3)CC2c2ccccc2)cc1C. The Kier molecular flexibility index (Phi) is 8.96. The van der Waals surface area contributed by atoms with E-state index in [0.29, 0.717) is 12.1 Å². The molecule has 4 aromatic rings. The lowest BCUT2D eigenvalue weighted by atomic mass is 10.0. The number of aliphatic imine (C=N–C) groups is 2. The molecule has 4 heterocycles. The predicted molar refractivity (Wildman–Crippen MR) is 205 cm³/mol. The fourth-order valence-corrected chi connectivity index (χ4v) is 10.4.